The summed E-state index contributed by atoms with van der Waals surface area (Å²) in [6.07, 6.45) is 0.553. The molecular weight excluding hydrogens is 254 g/mol. The molecule has 2 atom stereocenters. The lowest BCUT2D eigenvalue weighted by Gasteiger charge is -2.26. The van der Waals surface area contributed by atoms with Crippen LogP contribution in [-0.2, 0) is 4.74 Å². The summed E-state index contributed by atoms with van der Waals surface area (Å²) < 4.78 is 7.31. The zero-order valence-corrected chi connectivity index (χ0v) is 12.1. The number of hydrogen-bond donors (Lipinski definition) is 1. The molecular formula is C15H21N3O2. The number of hydrogen-bond acceptors (Lipinski definition) is 4. The van der Waals surface area contributed by atoms with Crippen LogP contribution < -0.4 is 0 Å². The van der Waals surface area contributed by atoms with E-state index < -0.39 is 6.10 Å². The van der Waals surface area contributed by atoms with Crippen LogP contribution >= 0.6 is 0 Å². The normalized spacial score (nSPS) is 14.4. The van der Waals surface area contributed by atoms with Crippen LogP contribution in [0.5, 0.6) is 0 Å². The van der Waals surface area contributed by atoms with Crippen molar-refractivity contribution in [2.45, 2.75) is 33.0 Å². The fourth-order valence-corrected chi connectivity index (χ4v) is 2.22. The van der Waals surface area contributed by atoms with Gasteiger partial charge < -0.3 is 9.84 Å². The molecule has 0 saturated carbocycles. The van der Waals surface area contributed by atoms with Gasteiger partial charge in [-0.05, 0) is 25.0 Å². The lowest BCUT2D eigenvalue weighted by atomic mass is 9.99. The molecule has 0 fully saturated rings. The van der Waals surface area contributed by atoms with Gasteiger partial charge in [-0.3, -0.25) is 0 Å². The molecule has 0 aliphatic rings. The number of ether oxygens (including phenoxy) is 1. The van der Waals surface area contributed by atoms with Crippen LogP contribution in [0.15, 0.2) is 36.5 Å². The quantitative estimate of drug-likeness (QED) is 0.879. The molecule has 2 rings (SSSR count). The third-order valence-corrected chi connectivity index (χ3v) is 3.21. The van der Waals surface area contributed by atoms with E-state index in [1.165, 1.54) is 0 Å². The van der Waals surface area contributed by atoms with Crippen molar-refractivity contribution in [3.63, 3.8) is 0 Å². The molecule has 2 aromatic rings. The highest BCUT2D eigenvalue weighted by Gasteiger charge is 2.28. The van der Waals surface area contributed by atoms with E-state index in [4.69, 9.17) is 4.74 Å². The van der Waals surface area contributed by atoms with Gasteiger partial charge in [0.25, 0.3) is 0 Å². The van der Waals surface area contributed by atoms with Crippen molar-refractivity contribution in [1.29, 1.82) is 0 Å². The van der Waals surface area contributed by atoms with Crippen LogP contribution in [0.3, 0.4) is 0 Å². The molecule has 1 aromatic carbocycles. The smallest absolute Gasteiger partial charge is 0.124 e. The Bertz CT molecular complexity index is 525. The van der Waals surface area contributed by atoms with Crippen molar-refractivity contribution >= 4 is 0 Å². The zero-order chi connectivity index (χ0) is 14.5. The molecule has 0 amide bonds. The van der Waals surface area contributed by atoms with Crippen molar-refractivity contribution in [2.24, 2.45) is 5.92 Å². The Morgan fingerprint density at radius 3 is 2.55 bits per heavy atom. The largest absolute Gasteiger partial charge is 0.384 e. The minimum Gasteiger partial charge on any atom is -0.384 e. The van der Waals surface area contributed by atoms with Crippen molar-refractivity contribution in [3.05, 3.63) is 42.2 Å². The van der Waals surface area contributed by atoms with Crippen molar-refractivity contribution in [1.82, 2.24) is 15.0 Å². The van der Waals surface area contributed by atoms with Crippen LogP contribution in [0.25, 0.3) is 5.69 Å². The third-order valence-electron chi connectivity index (χ3n) is 3.21. The third kappa shape index (κ3) is 3.05. The SMILES string of the molecule is CCOC(C(C)C)C(O)c1cnnn1-c1ccccc1. The van der Waals surface area contributed by atoms with Gasteiger partial charge in [0.2, 0.25) is 0 Å². The van der Waals surface area contributed by atoms with E-state index in [2.05, 4.69) is 10.3 Å². The fraction of sp³-hybridized carbons (Fsp3) is 0.467. The first-order valence-corrected chi connectivity index (χ1v) is 6.90. The second kappa shape index (κ2) is 6.63. The van der Waals surface area contributed by atoms with Gasteiger partial charge in [-0.25, -0.2) is 4.68 Å². The molecule has 2 unspecified atom stereocenters. The second-order valence-corrected chi connectivity index (χ2v) is 5.02. The molecule has 1 aromatic heterocycles. The van der Waals surface area contributed by atoms with Gasteiger partial charge >= 0.3 is 0 Å². The van der Waals surface area contributed by atoms with E-state index in [1.807, 2.05) is 51.1 Å². The van der Waals surface area contributed by atoms with Gasteiger partial charge in [-0.2, -0.15) is 0 Å². The minimum absolute atomic E-state index is 0.198. The average molecular weight is 275 g/mol. The van der Waals surface area contributed by atoms with E-state index in [0.29, 0.717) is 12.3 Å². The Balaban J connectivity index is 2.31. The van der Waals surface area contributed by atoms with Crippen LogP contribution in [-0.4, -0.2) is 32.8 Å². The Morgan fingerprint density at radius 2 is 1.95 bits per heavy atom. The van der Waals surface area contributed by atoms with Gasteiger partial charge in [0.1, 0.15) is 6.10 Å². The molecule has 0 spiro atoms. The van der Waals surface area contributed by atoms with E-state index in [0.717, 1.165) is 5.69 Å². The van der Waals surface area contributed by atoms with E-state index in [-0.39, 0.29) is 12.0 Å². The number of aliphatic hydroxyl groups excluding tert-OH is 1. The Labute approximate surface area is 119 Å². The predicted octanol–water partition coefficient (Wildman–Crippen LogP) is 2.36. The summed E-state index contributed by atoms with van der Waals surface area (Å²) in [4.78, 5) is 0. The van der Waals surface area contributed by atoms with Gasteiger partial charge in [-0.1, -0.05) is 37.3 Å². The average Bonchev–Trinajstić information content (AvgIpc) is 2.94. The zero-order valence-electron chi connectivity index (χ0n) is 12.1. The first-order chi connectivity index (χ1) is 9.65. The molecule has 0 aliphatic carbocycles. The summed E-state index contributed by atoms with van der Waals surface area (Å²) in [5.74, 6) is 0.198. The highest BCUT2D eigenvalue weighted by Crippen LogP contribution is 2.25. The van der Waals surface area contributed by atoms with Crippen molar-refractivity contribution in [3.8, 4) is 5.69 Å². The predicted molar refractivity (Wildman–Crippen MR) is 76.6 cm³/mol. The second-order valence-electron chi connectivity index (χ2n) is 5.02. The number of para-hydroxylation sites is 1. The van der Waals surface area contributed by atoms with Crippen LogP contribution in [0.4, 0.5) is 0 Å². The van der Waals surface area contributed by atoms with Crippen molar-refractivity contribution < 1.29 is 9.84 Å². The molecule has 5 heteroatoms. The maximum absolute atomic E-state index is 10.6. The van der Waals surface area contributed by atoms with Gasteiger partial charge in [0.15, 0.2) is 0 Å². The Kier molecular flexibility index (Phi) is 4.87. The number of nitrogens with zero attached hydrogens (tertiary/aromatic N) is 3. The number of aromatic nitrogens is 3. The standard InChI is InChI=1S/C15H21N3O2/c1-4-20-15(11(2)3)14(19)13-10-16-17-18(13)12-8-6-5-7-9-12/h5-11,14-15,19H,4H2,1-3H3. The van der Waals surface area contributed by atoms with Crippen molar-refractivity contribution in [2.75, 3.05) is 6.61 Å². The van der Waals surface area contributed by atoms with Gasteiger partial charge in [0.05, 0.1) is 23.7 Å². The molecule has 1 heterocycles. The number of benzene rings is 1. The van der Waals surface area contributed by atoms with Gasteiger partial charge in [-0.15, -0.1) is 5.10 Å². The summed E-state index contributed by atoms with van der Waals surface area (Å²) in [5.41, 5.74) is 1.52. The fourth-order valence-electron chi connectivity index (χ4n) is 2.22. The molecule has 0 saturated heterocycles. The lowest BCUT2D eigenvalue weighted by molar-refractivity contribution is -0.0610. The molecule has 0 bridgehead atoms. The number of rotatable bonds is 6. The summed E-state index contributed by atoms with van der Waals surface area (Å²) in [7, 11) is 0. The van der Waals surface area contributed by atoms with Crippen LogP contribution in [0, 0.1) is 5.92 Å². The first-order valence-electron chi connectivity index (χ1n) is 6.90. The highest BCUT2D eigenvalue weighted by atomic mass is 16.5. The molecule has 0 aliphatic heterocycles. The monoisotopic (exact) mass is 275 g/mol. The van der Waals surface area contributed by atoms with E-state index >= 15 is 0 Å². The summed E-state index contributed by atoms with van der Waals surface area (Å²) >= 11 is 0. The van der Waals surface area contributed by atoms with Crippen LogP contribution in [0.1, 0.15) is 32.6 Å². The molecule has 0 radical (unpaired) electrons. The lowest BCUT2D eigenvalue weighted by Crippen LogP contribution is -2.29. The maximum Gasteiger partial charge on any atom is 0.124 e. The van der Waals surface area contributed by atoms with E-state index in [1.54, 1.807) is 10.9 Å². The Hall–Kier alpha value is -1.72. The first kappa shape index (κ1) is 14.7. The molecule has 1 N–H and O–H groups in total. The maximum atomic E-state index is 10.6. The Morgan fingerprint density at radius 1 is 1.25 bits per heavy atom. The van der Waals surface area contributed by atoms with E-state index in [9.17, 15) is 5.11 Å². The topological polar surface area (TPSA) is 60.2 Å². The minimum atomic E-state index is -0.759. The summed E-state index contributed by atoms with van der Waals surface area (Å²) in [6, 6.07) is 9.64. The molecule has 20 heavy (non-hydrogen) atoms. The highest BCUT2D eigenvalue weighted by molar-refractivity contribution is 5.32. The number of aliphatic hydroxyl groups is 1. The summed E-state index contributed by atoms with van der Waals surface area (Å²) in [6.45, 7) is 6.54. The summed E-state index contributed by atoms with van der Waals surface area (Å²) in [5, 5.41) is 18.6. The van der Waals surface area contributed by atoms with Crippen LogP contribution in [0.2, 0.25) is 0 Å². The molecule has 108 valence electrons. The van der Waals surface area contributed by atoms with Gasteiger partial charge in [0, 0.05) is 6.61 Å². The molecule has 5 nitrogen and oxygen atoms in total.